The fraction of sp³-hybridized carbons (Fsp3) is 0.273. The molecule has 0 radical (unpaired) electrons. The van der Waals surface area contributed by atoms with Crippen molar-refractivity contribution in [3.63, 3.8) is 0 Å². The molecule has 2 fully saturated rings. The predicted octanol–water partition coefficient (Wildman–Crippen LogP) is 1.71. The van der Waals surface area contributed by atoms with Crippen molar-refractivity contribution in [2.24, 2.45) is 11.8 Å². The van der Waals surface area contributed by atoms with Crippen molar-refractivity contribution in [2.45, 2.75) is 18.9 Å². The van der Waals surface area contributed by atoms with Crippen molar-refractivity contribution in [2.75, 3.05) is 6.61 Å². The summed E-state index contributed by atoms with van der Waals surface area (Å²) in [5.74, 6) is -1.79. The molecule has 30 heavy (non-hydrogen) atoms. The third kappa shape index (κ3) is 3.41. The fourth-order valence-electron chi connectivity index (χ4n) is 3.62. The first-order valence-electron chi connectivity index (χ1n) is 9.67. The van der Waals surface area contributed by atoms with Crippen LogP contribution in [-0.2, 0) is 24.7 Å². The second kappa shape index (κ2) is 7.62. The molecule has 2 atom stereocenters. The van der Waals surface area contributed by atoms with Gasteiger partial charge in [0.2, 0.25) is 0 Å². The summed E-state index contributed by atoms with van der Waals surface area (Å²) in [6, 6.07) is 16.8. The van der Waals surface area contributed by atoms with Crippen LogP contribution in [0.15, 0.2) is 60.7 Å². The monoisotopic (exact) mass is 407 g/mol. The highest BCUT2D eigenvalue weighted by molar-refractivity contribution is 6.10. The highest BCUT2D eigenvalue weighted by Gasteiger charge is 2.54. The number of urea groups is 1. The molecule has 0 unspecified atom stereocenters. The number of hydrazine groups is 1. The van der Waals surface area contributed by atoms with E-state index in [1.165, 1.54) is 0 Å². The average Bonchev–Trinajstić information content (AvgIpc) is 3.45. The molecule has 8 heteroatoms. The Morgan fingerprint density at radius 3 is 2.10 bits per heavy atom. The van der Waals surface area contributed by atoms with Crippen molar-refractivity contribution in [3.8, 4) is 0 Å². The smallest absolute Gasteiger partial charge is 0.344 e. The minimum atomic E-state index is -1.48. The first-order valence-corrected chi connectivity index (χ1v) is 9.67. The van der Waals surface area contributed by atoms with Crippen molar-refractivity contribution < 1.29 is 23.9 Å². The molecule has 1 aliphatic carbocycles. The van der Waals surface area contributed by atoms with Crippen LogP contribution < -0.4 is 10.7 Å². The number of esters is 1. The number of nitrogens with zero attached hydrogens (tertiary/aromatic N) is 1. The van der Waals surface area contributed by atoms with Crippen LogP contribution in [0.25, 0.3) is 0 Å². The van der Waals surface area contributed by atoms with E-state index >= 15 is 0 Å². The molecule has 2 aliphatic rings. The minimum absolute atomic E-state index is 0.182. The summed E-state index contributed by atoms with van der Waals surface area (Å²) >= 11 is 0. The molecule has 4 amide bonds. The van der Waals surface area contributed by atoms with E-state index in [2.05, 4.69) is 10.7 Å². The Morgan fingerprint density at radius 1 is 1.07 bits per heavy atom. The van der Waals surface area contributed by atoms with Gasteiger partial charge in [-0.2, -0.15) is 5.01 Å². The van der Waals surface area contributed by atoms with Crippen LogP contribution in [0.5, 0.6) is 0 Å². The lowest BCUT2D eigenvalue weighted by molar-refractivity contribution is -0.151. The summed E-state index contributed by atoms with van der Waals surface area (Å²) in [5.41, 5.74) is 1.89. The first kappa shape index (κ1) is 19.6. The Labute approximate surface area is 173 Å². The zero-order valence-corrected chi connectivity index (χ0v) is 16.3. The van der Waals surface area contributed by atoms with Gasteiger partial charge in [-0.25, -0.2) is 4.79 Å². The maximum Gasteiger partial charge on any atom is 0.344 e. The third-order valence-corrected chi connectivity index (χ3v) is 5.43. The van der Waals surface area contributed by atoms with Gasteiger partial charge in [0.05, 0.1) is 5.92 Å². The number of amides is 4. The maximum absolute atomic E-state index is 13.4. The van der Waals surface area contributed by atoms with Gasteiger partial charge in [0.1, 0.15) is 0 Å². The summed E-state index contributed by atoms with van der Waals surface area (Å²) in [7, 11) is 0. The van der Waals surface area contributed by atoms with Crippen molar-refractivity contribution in [3.05, 3.63) is 71.8 Å². The minimum Gasteiger partial charge on any atom is -0.455 e. The van der Waals surface area contributed by atoms with Gasteiger partial charge in [-0.05, 0) is 23.5 Å². The van der Waals surface area contributed by atoms with Crippen molar-refractivity contribution in [1.29, 1.82) is 0 Å². The number of benzene rings is 2. The van der Waals surface area contributed by atoms with E-state index in [-0.39, 0.29) is 11.8 Å². The maximum atomic E-state index is 13.4. The normalized spacial score (nSPS) is 21.7. The molecular weight excluding hydrogens is 386 g/mol. The third-order valence-electron chi connectivity index (χ3n) is 5.43. The Bertz CT molecular complexity index is 953. The molecule has 0 bridgehead atoms. The number of carbonyl (C=O) groups is 4. The van der Waals surface area contributed by atoms with E-state index in [4.69, 9.17) is 4.74 Å². The lowest BCUT2D eigenvalue weighted by atomic mass is 9.83. The van der Waals surface area contributed by atoms with Crippen LogP contribution in [0.1, 0.15) is 24.5 Å². The van der Waals surface area contributed by atoms with Gasteiger partial charge in [0.25, 0.3) is 11.8 Å². The molecule has 4 rings (SSSR count). The van der Waals surface area contributed by atoms with Crippen molar-refractivity contribution >= 4 is 23.8 Å². The summed E-state index contributed by atoms with van der Waals surface area (Å²) < 4.78 is 4.98. The number of hydrogen-bond donors (Lipinski definition) is 2. The number of nitrogens with one attached hydrogen (secondary N) is 2. The molecule has 2 aromatic carbocycles. The topological polar surface area (TPSA) is 105 Å². The SMILES string of the molecule is C[C@@H]1C[C@@H]1C(=O)OCC(=O)NN1C(=O)NC(c2ccccc2)(c2ccccc2)C1=O. The Kier molecular flexibility index (Phi) is 4.99. The second-order valence-electron chi connectivity index (χ2n) is 7.51. The van der Waals surface area contributed by atoms with Gasteiger partial charge in [0.15, 0.2) is 12.1 Å². The molecule has 1 saturated carbocycles. The van der Waals surface area contributed by atoms with E-state index in [1.54, 1.807) is 60.7 Å². The molecule has 1 aliphatic heterocycles. The quantitative estimate of drug-likeness (QED) is 0.560. The fourth-order valence-corrected chi connectivity index (χ4v) is 3.62. The number of rotatable bonds is 6. The predicted molar refractivity (Wildman–Crippen MR) is 105 cm³/mol. The van der Waals surface area contributed by atoms with Gasteiger partial charge in [-0.1, -0.05) is 67.6 Å². The van der Waals surface area contributed by atoms with Crippen LogP contribution >= 0.6 is 0 Å². The molecule has 8 nitrogen and oxygen atoms in total. The van der Waals surface area contributed by atoms with E-state index in [1.807, 2.05) is 6.92 Å². The molecule has 0 spiro atoms. The summed E-state index contributed by atoms with van der Waals surface area (Å²) in [6.07, 6.45) is 0.740. The van der Waals surface area contributed by atoms with Gasteiger partial charge in [-0.15, -0.1) is 0 Å². The largest absolute Gasteiger partial charge is 0.455 e. The zero-order valence-electron chi connectivity index (χ0n) is 16.3. The Morgan fingerprint density at radius 2 is 1.60 bits per heavy atom. The first-order chi connectivity index (χ1) is 14.4. The van der Waals surface area contributed by atoms with Crippen LogP contribution in [0, 0.1) is 11.8 Å². The van der Waals surface area contributed by atoms with E-state index in [9.17, 15) is 19.2 Å². The highest BCUT2D eigenvalue weighted by Crippen LogP contribution is 2.38. The lowest BCUT2D eigenvalue weighted by Gasteiger charge is -2.27. The second-order valence-corrected chi connectivity index (χ2v) is 7.51. The summed E-state index contributed by atoms with van der Waals surface area (Å²) in [4.78, 5) is 50.1. The van der Waals surface area contributed by atoms with Gasteiger partial charge >= 0.3 is 12.0 Å². The van der Waals surface area contributed by atoms with E-state index in [0.717, 1.165) is 6.42 Å². The number of imide groups is 1. The Balaban J connectivity index is 1.55. The van der Waals surface area contributed by atoms with Crippen LogP contribution in [0.3, 0.4) is 0 Å². The number of carbonyl (C=O) groups excluding carboxylic acids is 4. The molecule has 1 heterocycles. The van der Waals surface area contributed by atoms with Crippen molar-refractivity contribution in [1.82, 2.24) is 15.8 Å². The van der Waals surface area contributed by atoms with Crippen LogP contribution in [0.4, 0.5) is 4.79 Å². The molecule has 2 N–H and O–H groups in total. The summed E-state index contributed by atoms with van der Waals surface area (Å²) in [6.45, 7) is 1.36. The highest BCUT2D eigenvalue weighted by atomic mass is 16.5. The van der Waals surface area contributed by atoms with E-state index in [0.29, 0.717) is 16.1 Å². The standard InChI is InChI=1S/C22H21N3O5/c1-14-12-17(14)19(27)30-13-18(26)24-25-20(28)22(23-21(25)29,15-8-4-2-5-9-15)16-10-6-3-7-11-16/h2-11,14,17H,12-13H2,1H3,(H,23,29)(H,24,26)/t14-,17+/m1/s1. The van der Waals surface area contributed by atoms with Crippen LogP contribution in [0.2, 0.25) is 0 Å². The zero-order chi connectivity index (χ0) is 21.3. The lowest BCUT2D eigenvalue weighted by Crippen LogP contribution is -2.50. The molecule has 2 aromatic rings. The van der Waals surface area contributed by atoms with E-state index < -0.39 is 36.0 Å². The summed E-state index contributed by atoms with van der Waals surface area (Å²) in [5, 5.41) is 3.35. The molecular formula is C22H21N3O5. The van der Waals surface area contributed by atoms with Gasteiger partial charge in [0, 0.05) is 0 Å². The molecule has 0 aromatic heterocycles. The Hall–Kier alpha value is -3.68. The van der Waals surface area contributed by atoms with Gasteiger partial charge in [-0.3, -0.25) is 19.8 Å². The number of ether oxygens (including phenoxy) is 1. The molecule has 1 saturated heterocycles. The average molecular weight is 407 g/mol. The number of hydrogen-bond acceptors (Lipinski definition) is 5. The molecule has 154 valence electrons. The van der Waals surface area contributed by atoms with Gasteiger partial charge < -0.3 is 10.1 Å². The van der Waals surface area contributed by atoms with Crippen LogP contribution in [-0.4, -0.2) is 35.4 Å².